The highest BCUT2D eigenvalue weighted by molar-refractivity contribution is 5.90. The molecule has 0 unspecified atom stereocenters. The smallest absolute Gasteiger partial charge is 0.337 e. The van der Waals surface area contributed by atoms with Gasteiger partial charge in [0.2, 0.25) is 0 Å². The van der Waals surface area contributed by atoms with Gasteiger partial charge in [-0.3, -0.25) is 9.88 Å². The first-order chi connectivity index (χ1) is 14.7. The van der Waals surface area contributed by atoms with Gasteiger partial charge >= 0.3 is 5.97 Å². The molecule has 0 amide bonds. The van der Waals surface area contributed by atoms with Crippen LogP contribution >= 0.6 is 0 Å². The summed E-state index contributed by atoms with van der Waals surface area (Å²) >= 11 is 0. The third-order valence-electron chi connectivity index (χ3n) is 5.31. The van der Waals surface area contributed by atoms with E-state index in [4.69, 9.17) is 14.7 Å². The van der Waals surface area contributed by atoms with Gasteiger partial charge in [0, 0.05) is 55.5 Å². The van der Waals surface area contributed by atoms with Gasteiger partial charge in [0.25, 0.3) is 0 Å². The predicted octanol–water partition coefficient (Wildman–Crippen LogP) is 3.84. The molecule has 0 aliphatic carbocycles. The number of aromatic nitrogens is 3. The Hall–Kier alpha value is -3.12. The minimum atomic E-state index is -0.343. The summed E-state index contributed by atoms with van der Waals surface area (Å²) in [4.78, 5) is 28.3. The summed E-state index contributed by atoms with van der Waals surface area (Å²) < 4.78 is 4.82. The number of nitrogens with zero attached hydrogens (tertiary/aromatic N) is 4. The Kier molecular flexibility index (Phi) is 6.14. The van der Waals surface area contributed by atoms with Crippen molar-refractivity contribution in [1.82, 2.24) is 19.9 Å². The first kappa shape index (κ1) is 20.2. The summed E-state index contributed by atoms with van der Waals surface area (Å²) in [5, 5.41) is 0. The maximum Gasteiger partial charge on any atom is 0.337 e. The van der Waals surface area contributed by atoms with E-state index in [1.54, 1.807) is 6.07 Å². The minimum Gasteiger partial charge on any atom is -0.465 e. The van der Waals surface area contributed by atoms with Gasteiger partial charge in [0.15, 0.2) is 0 Å². The number of hydrogen-bond acceptors (Lipinski definition) is 6. The molecule has 0 N–H and O–H groups in total. The molecular formula is C24H26N4O2. The largest absolute Gasteiger partial charge is 0.465 e. The lowest BCUT2D eigenvalue weighted by Gasteiger charge is -2.27. The Morgan fingerprint density at radius 2 is 2.03 bits per heavy atom. The van der Waals surface area contributed by atoms with E-state index in [1.807, 2.05) is 42.6 Å². The molecule has 0 bridgehead atoms. The summed E-state index contributed by atoms with van der Waals surface area (Å²) in [6.45, 7) is 4.71. The SMILES string of the molecule is CCCc1ncc2c(n1)CCN(Cc1cccc(-c3cccc(C(=O)OC)c3)n1)C2. The van der Waals surface area contributed by atoms with Crippen LogP contribution in [0.4, 0.5) is 0 Å². The van der Waals surface area contributed by atoms with E-state index in [2.05, 4.69) is 16.8 Å². The number of benzene rings is 1. The topological polar surface area (TPSA) is 68.2 Å². The van der Waals surface area contributed by atoms with Crippen LogP contribution in [0.15, 0.2) is 48.7 Å². The normalized spacial score (nSPS) is 13.7. The lowest BCUT2D eigenvalue weighted by Crippen LogP contribution is -2.31. The number of methoxy groups -OCH3 is 1. The number of esters is 1. The van der Waals surface area contributed by atoms with E-state index in [0.717, 1.165) is 61.7 Å². The third-order valence-corrected chi connectivity index (χ3v) is 5.31. The minimum absolute atomic E-state index is 0.343. The van der Waals surface area contributed by atoms with E-state index in [-0.39, 0.29) is 5.97 Å². The molecule has 30 heavy (non-hydrogen) atoms. The van der Waals surface area contributed by atoms with Crippen LogP contribution in [0.1, 0.15) is 46.5 Å². The van der Waals surface area contributed by atoms with E-state index in [1.165, 1.54) is 18.4 Å². The molecule has 0 radical (unpaired) electrons. The molecular weight excluding hydrogens is 376 g/mol. The maximum atomic E-state index is 11.8. The van der Waals surface area contributed by atoms with Crippen LogP contribution in [0.5, 0.6) is 0 Å². The number of ether oxygens (including phenoxy) is 1. The Bertz CT molecular complexity index is 1050. The van der Waals surface area contributed by atoms with Gasteiger partial charge in [-0.1, -0.05) is 25.1 Å². The molecule has 1 aliphatic rings. The molecule has 3 heterocycles. The number of carbonyl (C=O) groups excluding carboxylic acids is 1. The van der Waals surface area contributed by atoms with Crippen LogP contribution < -0.4 is 0 Å². The molecule has 0 atom stereocenters. The van der Waals surface area contributed by atoms with Gasteiger partial charge in [-0.05, 0) is 30.7 Å². The summed E-state index contributed by atoms with van der Waals surface area (Å²) in [6, 6.07) is 13.4. The Morgan fingerprint density at radius 3 is 2.87 bits per heavy atom. The van der Waals surface area contributed by atoms with Crippen LogP contribution in [-0.2, 0) is 30.7 Å². The molecule has 1 aliphatic heterocycles. The average molecular weight is 402 g/mol. The molecule has 6 nitrogen and oxygen atoms in total. The van der Waals surface area contributed by atoms with Crippen molar-refractivity contribution >= 4 is 5.97 Å². The van der Waals surface area contributed by atoms with Crippen LogP contribution in [0, 0.1) is 0 Å². The van der Waals surface area contributed by atoms with Crippen LogP contribution in [-0.4, -0.2) is 39.5 Å². The van der Waals surface area contributed by atoms with Gasteiger partial charge in [-0.25, -0.2) is 14.8 Å². The third kappa shape index (κ3) is 4.54. The van der Waals surface area contributed by atoms with Gasteiger partial charge < -0.3 is 4.74 Å². The van der Waals surface area contributed by atoms with Crippen LogP contribution in [0.2, 0.25) is 0 Å². The molecule has 0 fully saturated rings. The van der Waals surface area contributed by atoms with E-state index in [9.17, 15) is 4.79 Å². The predicted molar refractivity (Wildman–Crippen MR) is 115 cm³/mol. The van der Waals surface area contributed by atoms with Crippen molar-refractivity contribution in [3.8, 4) is 11.3 Å². The van der Waals surface area contributed by atoms with Crippen molar-refractivity contribution in [2.75, 3.05) is 13.7 Å². The summed E-state index contributed by atoms with van der Waals surface area (Å²) in [6.07, 6.45) is 4.93. The van der Waals surface area contributed by atoms with Crippen molar-refractivity contribution in [1.29, 1.82) is 0 Å². The zero-order valence-electron chi connectivity index (χ0n) is 17.5. The zero-order valence-corrected chi connectivity index (χ0v) is 17.5. The quantitative estimate of drug-likeness (QED) is 0.584. The summed E-state index contributed by atoms with van der Waals surface area (Å²) in [5.41, 5.74) is 5.68. The molecule has 1 aromatic carbocycles. The lowest BCUT2D eigenvalue weighted by atomic mass is 10.1. The van der Waals surface area contributed by atoms with Crippen molar-refractivity contribution in [3.63, 3.8) is 0 Å². The molecule has 6 heteroatoms. The van der Waals surface area contributed by atoms with Crippen molar-refractivity contribution in [2.45, 2.75) is 39.3 Å². The highest BCUT2D eigenvalue weighted by Crippen LogP contribution is 2.22. The highest BCUT2D eigenvalue weighted by atomic mass is 16.5. The van der Waals surface area contributed by atoms with Crippen molar-refractivity contribution < 1.29 is 9.53 Å². The fourth-order valence-corrected chi connectivity index (χ4v) is 3.78. The van der Waals surface area contributed by atoms with Gasteiger partial charge in [0.1, 0.15) is 5.82 Å². The second kappa shape index (κ2) is 9.13. The second-order valence-electron chi connectivity index (χ2n) is 7.56. The molecule has 4 rings (SSSR count). The number of aryl methyl sites for hydroxylation is 1. The van der Waals surface area contributed by atoms with E-state index >= 15 is 0 Å². The molecule has 0 saturated carbocycles. The van der Waals surface area contributed by atoms with Crippen LogP contribution in [0.3, 0.4) is 0 Å². The molecule has 0 saturated heterocycles. The maximum absolute atomic E-state index is 11.8. The summed E-state index contributed by atoms with van der Waals surface area (Å²) in [5.74, 6) is 0.609. The first-order valence-corrected chi connectivity index (χ1v) is 10.4. The lowest BCUT2D eigenvalue weighted by molar-refractivity contribution is 0.0601. The standard InChI is InChI=1S/C24H26N4O2/c1-3-6-23-25-14-19-15-28(12-11-22(19)27-23)16-20-9-5-10-21(26-20)17-7-4-8-18(13-17)24(29)30-2/h4-5,7-10,13-14H,3,6,11-12,15-16H2,1-2H3. The zero-order chi connectivity index (χ0) is 20.9. The Balaban J connectivity index is 1.48. The molecule has 154 valence electrons. The number of fused-ring (bicyclic) bond motifs is 1. The number of pyridine rings is 1. The monoisotopic (exact) mass is 402 g/mol. The first-order valence-electron chi connectivity index (χ1n) is 10.4. The Labute approximate surface area is 177 Å². The molecule has 0 spiro atoms. The average Bonchev–Trinajstić information content (AvgIpc) is 2.79. The van der Waals surface area contributed by atoms with Gasteiger partial charge in [-0.15, -0.1) is 0 Å². The Morgan fingerprint density at radius 1 is 1.17 bits per heavy atom. The fourth-order valence-electron chi connectivity index (χ4n) is 3.78. The second-order valence-corrected chi connectivity index (χ2v) is 7.56. The number of carbonyl (C=O) groups is 1. The van der Waals surface area contributed by atoms with E-state index < -0.39 is 0 Å². The van der Waals surface area contributed by atoms with Crippen molar-refractivity contribution in [3.05, 3.63) is 77.0 Å². The van der Waals surface area contributed by atoms with Crippen molar-refractivity contribution in [2.24, 2.45) is 0 Å². The number of rotatable bonds is 6. The summed E-state index contributed by atoms with van der Waals surface area (Å²) in [7, 11) is 1.39. The molecule has 2 aromatic heterocycles. The van der Waals surface area contributed by atoms with Crippen LogP contribution in [0.25, 0.3) is 11.3 Å². The highest BCUT2D eigenvalue weighted by Gasteiger charge is 2.19. The van der Waals surface area contributed by atoms with E-state index in [0.29, 0.717) is 5.56 Å². The van der Waals surface area contributed by atoms with Gasteiger partial charge in [-0.2, -0.15) is 0 Å². The number of hydrogen-bond donors (Lipinski definition) is 0. The fraction of sp³-hybridized carbons (Fsp3) is 0.333. The van der Waals surface area contributed by atoms with Gasteiger partial charge in [0.05, 0.1) is 24.1 Å². The molecule has 3 aromatic rings.